The molecule has 0 radical (unpaired) electrons. The van der Waals surface area contributed by atoms with Gasteiger partial charge in [-0.3, -0.25) is 0 Å². The van der Waals surface area contributed by atoms with Crippen molar-refractivity contribution >= 4 is 22.1 Å². The van der Waals surface area contributed by atoms with E-state index in [-0.39, 0.29) is 16.2 Å². The fraction of sp³-hybridized carbons (Fsp3) is 0. The zero-order chi connectivity index (χ0) is 11.1. The Morgan fingerprint density at radius 3 is 2.67 bits per heavy atom. The maximum absolute atomic E-state index is 11.3. The van der Waals surface area contributed by atoms with Crippen molar-refractivity contribution in [3.63, 3.8) is 0 Å². The molecule has 6 nitrogen and oxygen atoms in total. The summed E-state index contributed by atoms with van der Waals surface area (Å²) in [5.41, 5.74) is -0.0727. The molecule has 15 heavy (non-hydrogen) atoms. The maximum atomic E-state index is 11.3. The lowest BCUT2D eigenvalue weighted by Gasteiger charge is -2.18. The van der Waals surface area contributed by atoms with Crippen molar-refractivity contribution in [3.05, 3.63) is 23.8 Å². The highest BCUT2D eigenvalue weighted by Gasteiger charge is 2.34. The molecule has 0 spiro atoms. The number of ether oxygens (including phenoxy) is 1. The van der Waals surface area contributed by atoms with Crippen molar-refractivity contribution in [3.8, 4) is 5.75 Å². The van der Waals surface area contributed by atoms with Gasteiger partial charge in [0.15, 0.2) is 0 Å². The van der Waals surface area contributed by atoms with Gasteiger partial charge >= 0.3 is 5.97 Å². The Kier molecular flexibility index (Phi) is 1.92. The largest absolute Gasteiger partial charge is 0.422 e. The molecule has 2 rings (SSSR count). The van der Waals surface area contributed by atoms with E-state index < -0.39 is 16.0 Å². The number of hydrogen-bond acceptors (Lipinski definition) is 5. The number of benzene rings is 1. The third kappa shape index (κ3) is 1.34. The zero-order valence-corrected chi connectivity index (χ0v) is 7.95. The summed E-state index contributed by atoms with van der Waals surface area (Å²) in [6.07, 6.45) is 0.927. The fourth-order valence-electron chi connectivity index (χ4n) is 1.21. The second-order valence-corrected chi connectivity index (χ2v) is 4.25. The standard InChI is InChI=1S/C8H3NO5S/c10-4-9-15(12,13)6-3-1-2-5-7(6)8(11)14-5/h1-3H. The van der Waals surface area contributed by atoms with Crippen LogP contribution in [0.2, 0.25) is 0 Å². The van der Waals surface area contributed by atoms with E-state index in [1.165, 1.54) is 18.2 Å². The molecule has 0 fully saturated rings. The summed E-state index contributed by atoms with van der Waals surface area (Å²) in [6, 6.07) is 4.01. The first-order chi connectivity index (χ1) is 7.06. The first kappa shape index (κ1) is 9.57. The number of nitrogens with zero attached hydrogens (tertiary/aromatic N) is 1. The summed E-state index contributed by atoms with van der Waals surface area (Å²) < 4.78 is 29.9. The van der Waals surface area contributed by atoms with E-state index >= 15 is 0 Å². The van der Waals surface area contributed by atoms with Crippen LogP contribution >= 0.6 is 0 Å². The SMILES string of the molecule is O=C=NS(=O)(=O)c1cccc2c1C(=O)O2. The molecule has 1 aromatic rings. The van der Waals surface area contributed by atoms with Gasteiger partial charge in [-0.1, -0.05) is 10.5 Å². The van der Waals surface area contributed by atoms with Crippen molar-refractivity contribution in [1.29, 1.82) is 0 Å². The minimum absolute atomic E-state index is 0.0727. The predicted molar refractivity (Wildman–Crippen MR) is 46.7 cm³/mol. The lowest BCUT2D eigenvalue weighted by atomic mass is 10.1. The summed E-state index contributed by atoms with van der Waals surface area (Å²) in [7, 11) is -4.14. The van der Waals surface area contributed by atoms with E-state index in [1.807, 2.05) is 0 Å². The van der Waals surface area contributed by atoms with Crippen LogP contribution in [0.5, 0.6) is 5.75 Å². The predicted octanol–water partition coefficient (Wildman–Crippen LogP) is 0.244. The molecule has 0 atom stereocenters. The minimum atomic E-state index is -4.14. The lowest BCUT2D eigenvalue weighted by Crippen LogP contribution is -2.24. The number of carbonyl (C=O) groups excluding carboxylic acids is 2. The van der Waals surface area contributed by atoms with Crippen molar-refractivity contribution in [1.82, 2.24) is 0 Å². The van der Waals surface area contributed by atoms with Gasteiger partial charge < -0.3 is 4.74 Å². The molecule has 0 amide bonds. The van der Waals surface area contributed by atoms with E-state index in [2.05, 4.69) is 9.13 Å². The molecule has 1 aliphatic heterocycles. The Labute approximate surface area is 84.2 Å². The molecular weight excluding hydrogens is 222 g/mol. The van der Waals surface area contributed by atoms with Crippen molar-refractivity contribution in [2.24, 2.45) is 4.40 Å². The number of sulfonamides is 1. The van der Waals surface area contributed by atoms with Gasteiger partial charge in [0.2, 0.25) is 0 Å². The number of esters is 1. The molecule has 1 heterocycles. The van der Waals surface area contributed by atoms with Gasteiger partial charge in [0.1, 0.15) is 16.2 Å². The molecule has 7 heteroatoms. The second-order valence-electron chi connectivity index (χ2n) is 2.68. The molecule has 0 aromatic heterocycles. The van der Waals surface area contributed by atoms with Crippen LogP contribution in [-0.2, 0) is 14.8 Å². The van der Waals surface area contributed by atoms with Crippen molar-refractivity contribution in [2.75, 3.05) is 0 Å². The van der Waals surface area contributed by atoms with E-state index in [0.717, 1.165) is 6.08 Å². The number of hydrogen-bond donors (Lipinski definition) is 0. The highest BCUT2D eigenvalue weighted by Crippen LogP contribution is 2.34. The summed E-state index contributed by atoms with van der Waals surface area (Å²) in [4.78, 5) is 20.5. The first-order valence-electron chi connectivity index (χ1n) is 3.75. The van der Waals surface area contributed by atoms with Gasteiger partial charge in [0.05, 0.1) is 0 Å². The molecular formula is C8H3NO5S. The number of isocyanates is 1. The van der Waals surface area contributed by atoms with Crippen LogP contribution in [0.3, 0.4) is 0 Å². The van der Waals surface area contributed by atoms with Gasteiger partial charge in [0.25, 0.3) is 16.1 Å². The van der Waals surface area contributed by atoms with Gasteiger partial charge in [-0.15, -0.1) is 0 Å². The fourth-order valence-corrected chi connectivity index (χ4v) is 2.10. The smallest absolute Gasteiger partial charge is 0.348 e. The Balaban J connectivity index is 2.70. The van der Waals surface area contributed by atoms with E-state index in [4.69, 9.17) is 0 Å². The van der Waals surface area contributed by atoms with Crippen LogP contribution in [0.1, 0.15) is 10.4 Å². The molecule has 0 saturated heterocycles. The van der Waals surface area contributed by atoms with Crippen molar-refractivity contribution in [2.45, 2.75) is 4.90 Å². The first-order valence-corrected chi connectivity index (χ1v) is 5.19. The Morgan fingerprint density at radius 2 is 2.07 bits per heavy atom. The van der Waals surface area contributed by atoms with Gasteiger partial charge in [0, 0.05) is 0 Å². The normalized spacial score (nSPS) is 13.2. The lowest BCUT2D eigenvalue weighted by molar-refractivity contribution is 0.0651. The molecule has 0 unspecified atom stereocenters. The van der Waals surface area contributed by atoms with Crippen LogP contribution < -0.4 is 4.74 Å². The summed E-state index contributed by atoms with van der Waals surface area (Å²) in [5.74, 6) is -0.576. The summed E-state index contributed by atoms with van der Waals surface area (Å²) in [5, 5.41) is 0. The number of carbonyl (C=O) groups is 1. The molecule has 0 N–H and O–H groups in total. The third-order valence-electron chi connectivity index (χ3n) is 1.83. The van der Waals surface area contributed by atoms with E-state index in [1.54, 1.807) is 0 Å². The number of rotatable bonds is 2. The van der Waals surface area contributed by atoms with Crippen LogP contribution in [0.25, 0.3) is 0 Å². The monoisotopic (exact) mass is 225 g/mol. The van der Waals surface area contributed by atoms with Gasteiger partial charge in [-0.25, -0.2) is 9.59 Å². The maximum Gasteiger partial charge on any atom is 0.348 e. The van der Waals surface area contributed by atoms with Crippen LogP contribution in [0.15, 0.2) is 27.5 Å². The minimum Gasteiger partial charge on any atom is -0.422 e. The van der Waals surface area contributed by atoms with E-state index in [9.17, 15) is 18.0 Å². The quantitative estimate of drug-likeness (QED) is 0.408. The molecule has 76 valence electrons. The molecule has 0 bridgehead atoms. The Hall–Kier alpha value is -1.98. The molecule has 1 aliphatic rings. The average Bonchev–Trinajstić information content (AvgIpc) is 2.15. The van der Waals surface area contributed by atoms with Crippen LogP contribution in [0.4, 0.5) is 0 Å². The van der Waals surface area contributed by atoms with Crippen molar-refractivity contribution < 1.29 is 22.7 Å². The summed E-state index contributed by atoms with van der Waals surface area (Å²) in [6.45, 7) is 0. The Morgan fingerprint density at radius 1 is 1.33 bits per heavy atom. The van der Waals surface area contributed by atoms with E-state index in [0.29, 0.717) is 0 Å². The number of fused-ring (bicyclic) bond motifs is 1. The molecule has 1 aromatic carbocycles. The Bertz CT molecular complexity index is 597. The van der Waals surface area contributed by atoms with Crippen LogP contribution in [-0.4, -0.2) is 20.5 Å². The summed E-state index contributed by atoms with van der Waals surface area (Å²) >= 11 is 0. The highest BCUT2D eigenvalue weighted by atomic mass is 32.2. The van der Waals surface area contributed by atoms with Gasteiger partial charge in [-0.05, 0) is 12.1 Å². The van der Waals surface area contributed by atoms with Gasteiger partial charge in [-0.2, -0.15) is 8.42 Å². The topological polar surface area (TPSA) is 89.9 Å². The molecule has 0 aliphatic carbocycles. The third-order valence-corrected chi connectivity index (χ3v) is 3.04. The zero-order valence-electron chi connectivity index (χ0n) is 7.13. The second kappa shape index (κ2) is 3.01. The molecule has 0 saturated carbocycles. The highest BCUT2D eigenvalue weighted by molar-refractivity contribution is 7.90. The van der Waals surface area contributed by atoms with Crippen LogP contribution in [0, 0.1) is 0 Å². The average molecular weight is 225 g/mol.